The van der Waals surface area contributed by atoms with Gasteiger partial charge in [-0.05, 0) is 19.5 Å². The monoisotopic (exact) mass is 245 g/mol. The van der Waals surface area contributed by atoms with Gasteiger partial charge < -0.3 is 10.2 Å². The molecular formula is C15H19NO2. The fourth-order valence-corrected chi connectivity index (χ4v) is 2.64. The Balaban J connectivity index is 2.34. The van der Waals surface area contributed by atoms with E-state index in [0.717, 1.165) is 5.56 Å². The minimum absolute atomic E-state index is 0.0208. The Morgan fingerprint density at radius 1 is 1.33 bits per heavy atom. The number of likely N-dealkylation sites (tertiary alicyclic amines) is 1. The second-order valence-corrected chi connectivity index (χ2v) is 5.32. The molecule has 3 heteroatoms. The van der Waals surface area contributed by atoms with Gasteiger partial charge in [-0.1, -0.05) is 36.3 Å². The number of likely N-dealkylation sites (N-methyl/N-ethyl adjacent to an activating group) is 1. The number of terminal acetylenes is 1. The van der Waals surface area contributed by atoms with E-state index >= 15 is 0 Å². The van der Waals surface area contributed by atoms with E-state index in [4.69, 9.17) is 6.42 Å². The van der Waals surface area contributed by atoms with Crippen molar-refractivity contribution in [1.29, 1.82) is 0 Å². The first-order valence-corrected chi connectivity index (χ1v) is 6.07. The van der Waals surface area contributed by atoms with Gasteiger partial charge in [-0.2, -0.15) is 0 Å². The first kappa shape index (κ1) is 13.1. The van der Waals surface area contributed by atoms with Crippen molar-refractivity contribution in [2.24, 2.45) is 0 Å². The molecule has 1 heterocycles. The van der Waals surface area contributed by atoms with Gasteiger partial charge in [0.25, 0.3) is 0 Å². The molecule has 0 saturated carbocycles. The molecule has 1 saturated heterocycles. The van der Waals surface area contributed by atoms with E-state index in [9.17, 15) is 10.2 Å². The van der Waals surface area contributed by atoms with Crippen LogP contribution in [-0.4, -0.2) is 39.9 Å². The van der Waals surface area contributed by atoms with E-state index in [0.29, 0.717) is 13.0 Å². The highest BCUT2D eigenvalue weighted by Crippen LogP contribution is 2.40. The SMILES string of the molecule is C#C[C@@]1(O)C[C@H](c2ccccc2)N(C)C[C@@]1(C)O. The molecule has 0 amide bonds. The second-order valence-electron chi connectivity index (χ2n) is 5.32. The Labute approximate surface area is 108 Å². The van der Waals surface area contributed by atoms with Crippen molar-refractivity contribution >= 4 is 0 Å². The third-order valence-corrected chi connectivity index (χ3v) is 3.89. The van der Waals surface area contributed by atoms with Gasteiger partial charge >= 0.3 is 0 Å². The van der Waals surface area contributed by atoms with Crippen molar-refractivity contribution in [1.82, 2.24) is 4.90 Å². The lowest BCUT2D eigenvalue weighted by Crippen LogP contribution is -2.62. The van der Waals surface area contributed by atoms with Crippen LogP contribution in [0.3, 0.4) is 0 Å². The summed E-state index contributed by atoms with van der Waals surface area (Å²) >= 11 is 0. The molecule has 0 radical (unpaired) electrons. The molecule has 0 unspecified atom stereocenters. The van der Waals surface area contributed by atoms with Gasteiger partial charge in [0.1, 0.15) is 5.60 Å². The van der Waals surface area contributed by atoms with Crippen molar-refractivity contribution in [3.05, 3.63) is 35.9 Å². The predicted octanol–water partition coefficient (Wildman–Crippen LogP) is 1.18. The van der Waals surface area contributed by atoms with Gasteiger partial charge in [0.2, 0.25) is 0 Å². The molecular weight excluding hydrogens is 226 g/mol. The molecule has 18 heavy (non-hydrogen) atoms. The minimum atomic E-state index is -1.49. The molecule has 1 aromatic rings. The van der Waals surface area contributed by atoms with Crippen molar-refractivity contribution in [3.63, 3.8) is 0 Å². The highest BCUT2D eigenvalue weighted by molar-refractivity contribution is 5.27. The molecule has 2 rings (SSSR count). The van der Waals surface area contributed by atoms with Gasteiger partial charge in [0.15, 0.2) is 5.60 Å². The molecule has 3 nitrogen and oxygen atoms in total. The number of β-amino-alcohol motifs (C(OH)–C–C–N with tert-alkyl or cyclic N) is 1. The summed E-state index contributed by atoms with van der Waals surface area (Å²) in [6.45, 7) is 1.93. The predicted molar refractivity (Wildman–Crippen MR) is 70.8 cm³/mol. The van der Waals surface area contributed by atoms with Crippen molar-refractivity contribution in [3.8, 4) is 12.3 Å². The summed E-state index contributed by atoms with van der Waals surface area (Å²) < 4.78 is 0. The summed E-state index contributed by atoms with van der Waals surface area (Å²) in [6, 6.07) is 9.93. The fraction of sp³-hybridized carbons (Fsp3) is 0.467. The number of nitrogens with zero attached hydrogens (tertiary/aromatic N) is 1. The average molecular weight is 245 g/mol. The summed E-state index contributed by atoms with van der Waals surface area (Å²) in [6.07, 6.45) is 5.75. The summed E-state index contributed by atoms with van der Waals surface area (Å²) in [5.41, 5.74) is -1.67. The Hall–Kier alpha value is -1.34. The summed E-state index contributed by atoms with van der Waals surface area (Å²) in [5, 5.41) is 20.7. The van der Waals surface area contributed by atoms with Crippen molar-refractivity contribution < 1.29 is 10.2 Å². The highest BCUT2D eigenvalue weighted by Gasteiger charge is 2.51. The van der Waals surface area contributed by atoms with Gasteiger partial charge in [-0.25, -0.2) is 0 Å². The van der Waals surface area contributed by atoms with E-state index in [-0.39, 0.29) is 6.04 Å². The lowest BCUT2D eigenvalue weighted by Gasteiger charge is -2.49. The van der Waals surface area contributed by atoms with Crippen LogP contribution in [0.25, 0.3) is 0 Å². The van der Waals surface area contributed by atoms with Crippen LogP contribution in [-0.2, 0) is 0 Å². The molecule has 1 aromatic carbocycles. The lowest BCUT2D eigenvalue weighted by atomic mass is 9.74. The van der Waals surface area contributed by atoms with E-state index in [2.05, 4.69) is 5.92 Å². The van der Waals surface area contributed by atoms with Crippen molar-refractivity contribution in [2.75, 3.05) is 13.6 Å². The van der Waals surface area contributed by atoms with Gasteiger partial charge in [0, 0.05) is 19.0 Å². The second kappa shape index (κ2) is 4.40. The van der Waals surface area contributed by atoms with E-state index in [1.807, 2.05) is 42.3 Å². The summed E-state index contributed by atoms with van der Waals surface area (Å²) in [7, 11) is 1.93. The largest absolute Gasteiger partial charge is 0.385 e. The molecule has 1 aliphatic heterocycles. The third-order valence-electron chi connectivity index (χ3n) is 3.89. The van der Waals surface area contributed by atoms with Crippen LogP contribution in [0.4, 0.5) is 0 Å². The number of aliphatic hydroxyl groups is 2. The molecule has 0 aromatic heterocycles. The smallest absolute Gasteiger partial charge is 0.156 e. The first-order chi connectivity index (χ1) is 8.39. The molecule has 3 atom stereocenters. The van der Waals surface area contributed by atoms with Crippen LogP contribution in [0.15, 0.2) is 30.3 Å². The van der Waals surface area contributed by atoms with Gasteiger partial charge in [0.05, 0.1) is 0 Å². The van der Waals surface area contributed by atoms with Crippen LogP contribution in [0.2, 0.25) is 0 Å². The fourth-order valence-electron chi connectivity index (χ4n) is 2.64. The molecule has 96 valence electrons. The van der Waals surface area contributed by atoms with Gasteiger partial charge in [-0.15, -0.1) is 6.42 Å². The minimum Gasteiger partial charge on any atom is -0.385 e. The van der Waals surface area contributed by atoms with E-state index < -0.39 is 11.2 Å². The summed E-state index contributed by atoms with van der Waals surface area (Å²) in [4.78, 5) is 2.03. The number of rotatable bonds is 1. The maximum absolute atomic E-state index is 10.4. The highest BCUT2D eigenvalue weighted by atomic mass is 16.4. The van der Waals surface area contributed by atoms with E-state index in [1.54, 1.807) is 6.92 Å². The van der Waals surface area contributed by atoms with Crippen LogP contribution in [0.5, 0.6) is 0 Å². The molecule has 0 bridgehead atoms. The Morgan fingerprint density at radius 2 is 1.94 bits per heavy atom. The zero-order valence-electron chi connectivity index (χ0n) is 10.8. The number of hydrogen-bond acceptors (Lipinski definition) is 3. The lowest BCUT2D eigenvalue weighted by molar-refractivity contribution is -0.159. The quantitative estimate of drug-likeness (QED) is 0.730. The van der Waals surface area contributed by atoms with Crippen LogP contribution in [0.1, 0.15) is 24.9 Å². The zero-order valence-corrected chi connectivity index (χ0v) is 10.8. The Bertz CT molecular complexity index is 463. The zero-order chi connectivity index (χ0) is 13.4. The third kappa shape index (κ3) is 2.04. The van der Waals surface area contributed by atoms with Crippen LogP contribution >= 0.6 is 0 Å². The van der Waals surface area contributed by atoms with Crippen LogP contribution < -0.4 is 0 Å². The maximum Gasteiger partial charge on any atom is 0.156 e. The van der Waals surface area contributed by atoms with Crippen molar-refractivity contribution in [2.45, 2.75) is 30.6 Å². The molecule has 1 fully saturated rings. The average Bonchev–Trinajstić information content (AvgIpc) is 2.34. The van der Waals surface area contributed by atoms with Crippen LogP contribution in [0, 0.1) is 12.3 Å². The number of piperidine rings is 1. The Kier molecular flexibility index (Phi) is 3.20. The maximum atomic E-state index is 10.4. The first-order valence-electron chi connectivity index (χ1n) is 6.07. The molecule has 0 spiro atoms. The van der Waals surface area contributed by atoms with Gasteiger partial charge in [-0.3, -0.25) is 4.90 Å². The summed E-state index contributed by atoms with van der Waals surface area (Å²) in [5.74, 6) is 2.37. The number of benzene rings is 1. The molecule has 2 N–H and O–H groups in total. The number of hydrogen-bond donors (Lipinski definition) is 2. The van der Waals surface area contributed by atoms with E-state index in [1.165, 1.54) is 0 Å². The molecule has 1 aliphatic rings. The normalized spacial score (nSPS) is 37.2. The Morgan fingerprint density at radius 3 is 2.50 bits per heavy atom. The standard InChI is InChI=1S/C15H19NO2/c1-4-15(18)10-13(12-8-6-5-7-9-12)16(3)11-14(15,2)17/h1,5-9,13,17-18H,10-11H2,2-3H3/t13-,14-,15-/m1/s1. The molecule has 0 aliphatic carbocycles. The topological polar surface area (TPSA) is 43.7 Å².